The van der Waals surface area contributed by atoms with Gasteiger partial charge in [0.1, 0.15) is 28.4 Å². The number of ether oxygens (including phenoxy) is 1. The average Bonchev–Trinajstić information content (AvgIpc) is 2.74. The van der Waals surface area contributed by atoms with E-state index in [1.54, 1.807) is 0 Å². The second-order valence-electron chi connectivity index (χ2n) is 7.52. The van der Waals surface area contributed by atoms with Crippen molar-refractivity contribution in [3.8, 4) is 22.9 Å². The quantitative estimate of drug-likeness (QED) is 0.390. The van der Waals surface area contributed by atoms with E-state index in [2.05, 4.69) is 62.2 Å². The van der Waals surface area contributed by atoms with Gasteiger partial charge >= 0.3 is 0 Å². The molecular formula is C17H22O2Si2. The summed E-state index contributed by atoms with van der Waals surface area (Å²) in [5, 5.41) is 0. The van der Waals surface area contributed by atoms with E-state index in [4.69, 9.17) is 4.74 Å². The molecule has 0 radical (unpaired) electrons. The zero-order valence-electron chi connectivity index (χ0n) is 13.6. The zero-order valence-corrected chi connectivity index (χ0v) is 15.6. The summed E-state index contributed by atoms with van der Waals surface area (Å²) in [5.41, 5.74) is 7.96. The van der Waals surface area contributed by atoms with Crippen LogP contribution >= 0.6 is 0 Å². The number of carbonyl (C=O) groups excluding carboxylic acids is 1. The Kier molecular flexibility index (Phi) is 4.17. The molecule has 0 unspecified atom stereocenters. The SMILES string of the molecule is C[Si](C)(C)C#CC1=C(C#C[Si](C)(C)C)[C@H]2C=C[C@H](O2)C1=O. The smallest absolute Gasteiger partial charge is 0.204 e. The van der Waals surface area contributed by atoms with Gasteiger partial charge in [-0.15, -0.1) is 11.1 Å². The van der Waals surface area contributed by atoms with E-state index in [-0.39, 0.29) is 11.9 Å². The van der Waals surface area contributed by atoms with Crippen LogP contribution in [0.2, 0.25) is 39.3 Å². The van der Waals surface area contributed by atoms with Gasteiger partial charge in [0, 0.05) is 0 Å². The lowest BCUT2D eigenvalue weighted by Gasteiger charge is -2.21. The molecule has 2 aliphatic heterocycles. The molecule has 0 spiro atoms. The van der Waals surface area contributed by atoms with Crippen molar-refractivity contribution in [3.05, 3.63) is 23.3 Å². The highest BCUT2D eigenvalue weighted by atomic mass is 28.3. The van der Waals surface area contributed by atoms with Gasteiger partial charge in [-0.2, -0.15) is 0 Å². The van der Waals surface area contributed by atoms with Crippen molar-refractivity contribution in [2.75, 3.05) is 0 Å². The molecule has 0 aliphatic carbocycles. The van der Waals surface area contributed by atoms with Crippen molar-refractivity contribution < 1.29 is 9.53 Å². The van der Waals surface area contributed by atoms with Crippen molar-refractivity contribution in [1.82, 2.24) is 0 Å². The van der Waals surface area contributed by atoms with Gasteiger partial charge in [-0.3, -0.25) is 4.79 Å². The van der Waals surface area contributed by atoms with Crippen LogP contribution < -0.4 is 0 Å². The van der Waals surface area contributed by atoms with Crippen LogP contribution in [0.3, 0.4) is 0 Å². The first-order valence-corrected chi connectivity index (χ1v) is 14.3. The van der Waals surface area contributed by atoms with Crippen LogP contribution in [0, 0.1) is 22.9 Å². The number of hydrogen-bond acceptors (Lipinski definition) is 2. The topological polar surface area (TPSA) is 26.3 Å². The Morgan fingerprint density at radius 1 is 0.905 bits per heavy atom. The van der Waals surface area contributed by atoms with Crippen molar-refractivity contribution in [1.29, 1.82) is 0 Å². The van der Waals surface area contributed by atoms with Gasteiger partial charge in [0.2, 0.25) is 5.78 Å². The summed E-state index contributed by atoms with van der Waals surface area (Å²) in [7, 11) is -3.04. The third kappa shape index (κ3) is 4.07. The number of hydrogen-bond donors (Lipinski definition) is 0. The molecule has 4 heteroatoms. The van der Waals surface area contributed by atoms with E-state index >= 15 is 0 Å². The van der Waals surface area contributed by atoms with Crippen molar-refractivity contribution >= 4 is 21.9 Å². The van der Waals surface area contributed by atoms with Crippen molar-refractivity contribution in [2.45, 2.75) is 51.5 Å². The van der Waals surface area contributed by atoms with E-state index in [1.165, 1.54) is 0 Å². The van der Waals surface area contributed by atoms with Crippen LogP contribution in [0.5, 0.6) is 0 Å². The molecule has 0 amide bonds. The minimum absolute atomic E-state index is 0.0365. The van der Waals surface area contributed by atoms with Crippen molar-refractivity contribution in [2.24, 2.45) is 0 Å². The monoisotopic (exact) mass is 314 g/mol. The Bertz CT molecular complexity index is 649. The summed E-state index contributed by atoms with van der Waals surface area (Å²) in [5.74, 6) is 6.31. The van der Waals surface area contributed by atoms with Crippen LogP contribution in [0.1, 0.15) is 0 Å². The molecule has 2 heterocycles. The predicted octanol–water partition coefficient (Wildman–Crippen LogP) is 2.95. The van der Waals surface area contributed by atoms with Gasteiger partial charge in [-0.25, -0.2) is 0 Å². The first-order chi connectivity index (χ1) is 9.57. The maximum Gasteiger partial charge on any atom is 0.204 e. The van der Waals surface area contributed by atoms with Gasteiger partial charge < -0.3 is 4.74 Å². The number of ketones is 1. The second kappa shape index (κ2) is 5.46. The Morgan fingerprint density at radius 3 is 2.00 bits per heavy atom. The zero-order chi connectivity index (χ0) is 15.8. The Morgan fingerprint density at radius 2 is 1.43 bits per heavy atom. The molecule has 0 saturated heterocycles. The highest BCUT2D eigenvalue weighted by Gasteiger charge is 2.37. The molecule has 2 aliphatic rings. The molecule has 2 atom stereocenters. The molecule has 21 heavy (non-hydrogen) atoms. The lowest BCUT2D eigenvalue weighted by atomic mass is 9.98. The second-order valence-corrected chi connectivity index (χ2v) is 17.0. The number of carbonyl (C=O) groups is 1. The maximum atomic E-state index is 12.5. The summed E-state index contributed by atoms with van der Waals surface area (Å²) in [6, 6.07) is 0. The molecule has 2 rings (SSSR count). The van der Waals surface area contributed by atoms with E-state index in [0.29, 0.717) is 5.57 Å². The molecule has 0 aromatic carbocycles. The molecular weight excluding hydrogens is 292 g/mol. The molecule has 2 nitrogen and oxygen atoms in total. The van der Waals surface area contributed by atoms with Crippen LogP contribution in [-0.4, -0.2) is 34.1 Å². The van der Waals surface area contributed by atoms with Gasteiger partial charge in [0.05, 0.1) is 11.1 Å². The molecule has 110 valence electrons. The summed E-state index contributed by atoms with van der Waals surface area (Å²) >= 11 is 0. The number of fused-ring (bicyclic) bond motifs is 2. The minimum Gasteiger partial charge on any atom is -0.353 e. The largest absolute Gasteiger partial charge is 0.353 e. The molecule has 0 aromatic rings. The minimum atomic E-state index is -1.53. The third-order valence-corrected chi connectivity index (χ3v) is 4.70. The van der Waals surface area contributed by atoms with E-state index < -0.39 is 22.3 Å². The van der Waals surface area contributed by atoms with E-state index in [1.807, 2.05) is 12.2 Å². The Balaban J connectivity index is 2.52. The fourth-order valence-electron chi connectivity index (χ4n) is 1.95. The van der Waals surface area contributed by atoms with Gasteiger partial charge in [0.15, 0.2) is 0 Å². The van der Waals surface area contributed by atoms with E-state index in [0.717, 1.165) is 5.57 Å². The third-order valence-electron chi connectivity index (χ3n) is 2.95. The van der Waals surface area contributed by atoms with Gasteiger partial charge in [0.25, 0.3) is 0 Å². The average molecular weight is 315 g/mol. The van der Waals surface area contributed by atoms with Crippen molar-refractivity contribution in [3.63, 3.8) is 0 Å². The summed E-state index contributed by atoms with van der Waals surface area (Å²) in [4.78, 5) is 12.5. The molecule has 0 N–H and O–H groups in total. The van der Waals surface area contributed by atoms with Crippen LogP contribution in [0.4, 0.5) is 0 Å². The summed E-state index contributed by atoms with van der Waals surface area (Å²) in [6.07, 6.45) is 3.10. The first-order valence-electron chi connectivity index (χ1n) is 7.25. The molecule has 0 saturated carbocycles. The molecule has 2 bridgehead atoms. The first kappa shape index (κ1) is 16.0. The standard InChI is InChI=1S/C17H22O2Si2/c1-20(2,3)11-9-13-14(10-12-21(4,5)6)17(18)16-8-7-15(13)19-16/h7-8,15-16H,1-6H3/t15-,16+/m1/s1. The van der Waals surface area contributed by atoms with Crippen LogP contribution in [-0.2, 0) is 9.53 Å². The fraction of sp³-hybridized carbons (Fsp3) is 0.471. The van der Waals surface area contributed by atoms with Crippen LogP contribution in [0.25, 0.3) is 0 Å². The normalized spacial score (nSPS) is 24.4. The molecule has 0 aromatic heterocycles. The lowest BCUT2D eigenvalue weighted by Crippen LogP contribution is -2.31. The lowest BCUT2D eigenvalue weighted by molar-refractivity contribution is -0.124. The maximum absolute atomic E-state index is 12.5. The van der Waals surface area contributed by atoms with Gasteiger partial charge in [-0.1, -0.05) is 57.2 Å². The Labute approximate surface area is 129 Å². The highest BCUT2D eigenvalue weighted by Crippen LogP contribution is 2.29. The Hall–Kier alpha value is -1.34. The fourth-order valence-corrected chi connectivity index (χ4v) is 2.96. The highest BCUT2D eigenvalue weighted by molar-refractivity contribution is 6.84. The summed E-state index contributed by atoms with van der Waals surface area (Å²) in [6.45, 7) is 13.1. The number of rotatable bonds is 0. The number of Topliss-reactive ketones (excluding diaryl/α,β-unsaturated/α-hetero) is 1. The predicted molar refractivity (Wildman–Crippen MR) is 92.1 cm³/mol. The van der Waals surface area contributed by atoms with Gasteiger partial charge in [-0.05, 0) is 6.08 Å². The van der Waals surface area contributed by atoms with E-state index in [9.17, 15) is 4.79 Å². The summed E-state index contributed by atoms with van der Waals surface area (Å²) < 4.78 is 5.69. The van der Waals surface area contributed by atoms with Crippen LogP contribution in [0.15, 0.2) is 23.3 Å². The molecule has 0 fully saturated rings.